The summed E-state index contributed by atoms with van der Waals surface area (Å²) in [5.74, 6) is -0.241. The zero-order valence-corrected chi connectivity index (χ0v) is 16.8. The highest BCUT2D eigenvalue weighted by Crippen LogP contribution is 2.19. The van der Waals surface area contributed by atoms with Crippen molar-refractivity contribution in [3.05, 3.63) is 64.2 Å². The second-order valence-electron chi connectivity index (χ2n) is 6.71. The Morgan fingerprint density at radius 2 is 1.56 bits per heavy atom. The lowest BCUT2D eigenvalue weighted by Gasteiger charge is -2.17. The lowest BCUT2D eigenvalue weighted by molar-refractivity contribution is -0.122. The normalized spacial score (nSPS) is 10.7. The van der Waals surface area contributed by atoms with E-state index in [9.17, 15) is 9.59 Å². The van der Waals surface area contributed by atoms with Crippen molar-refractivity contribution < 1.29 is 9.59 Å². The Morgan fingerprint density at radius 3 is 2.19 bits per heavy atom. The van der Waals surface area contributed by atoms with Crippen LogP contribution in [-0.2, 0) is 16.0 Å². The largest absolute Gasteiger partial charge is 0.355 e. The maximum absolute atomic E-state index is 12.2. The number of nitrogens with zero attached hydrogens (tertiary/aromatic N) is 1. The van der Waals surface area contributed by atoms with E-state index in [-0.39, 0.29) is 24.9 Å². The number of nitrogens with one attached hydrogen (secondary N) is 2. The summed E-state index contributed by atoms with van der Waals surface area (Å²) < 4.78 is 0. The average molecular weight is 388 g/mol. The van der Waals surface area contributed by atoms with Gasteiger partial charge in [0.05, 0.1) is 13.1 Å². The van der Waals surface area contributed by atoms with Crippen molar-refractivity contribution in [3.63, 3.8) is 0 Å². The second-order valence-corrected chi connectivity index (χ2v) is 7.15. The van der Waals surface area contributed by atoms with Crippen LogP contribution in [0.4, 0.5) is 5.69 Å². The van der Waals surface area contributed by atoms with Crippen molar-refractivity contribution in [2.75, 3.05) is 32.0 Å². The van der Waals surface area contributed by atoms with E-state index in [0.29, 0.717) is 11.6 Å². The van der Waals surface area contributed by atoms with Crippen LogP contribution in [0, 0.1) is 13.8 Å². The van der Waals surface area contributed by atoms with Crippen LogP contribution in [0.1, 0.15) is 16.7 Å². The van der Waals surface area contributed by atoms with Crippen molar-refractivity contribution in [1.29, 1.82) is 0 Å². The maximum atomic E-state index is 12.2. The van der Waals surface area contributed by atoms with E-state index in [1.165, 1.54) is 0 Å². The molecule has 2 amide bonds. The molecule has 0 bridgehead atoms. The Balaban J connectivity index is 1.72. The molecule has 0 radical (unpaired) electrons. The van der Waals surface area contributed by atoms with Crippen molar-refractivity contribution in [2.45, 2.75) is 20.3 Å². The van der Waals surface area contributed by atoms with Crippen LogP contribution in [-0.4, -0.2) is 43.4 Å². The Labute approximate surface area is 165 Å². The van der Waals surface area contributed by atoms with Gasteiger partial charge in [-0.1, -0.05) is 41.9 Å². The predicted molar refractivity (Wildman–Crippen MR) is 110 cm³/mol. The van der Waals surface area contributed by atoms with Gasteiger partial charge in [0.2, 0.25) is 11.8 Å². The number of halogens is 1. The van der Waals surface area contributed by atoms with E-state index in [1.54, 1.807) is 11.9 Å². The number of aryl methyl sites for hydroxylation is 2. The summed E-state index contributed by atoms with van der Waals surface area (Å²) in [7, 11) is 1.75. The van der Waals surface area contributed by atoms with E-state index < -0.39 is 0 Å². The number of benzene rings is 2. The molecule has 27 heavy (non-hydrogen) atoms. The molecule has 2 aromatic rings. The van der Waals surface area contributed by atoms with E-state index in [2.05, 4.69) is 10.6 Å². The third-order valence-corrected chi connectivity index (χ3v) is 4.47. The minimum atomic E-state index is -0.135. The number of likely N-dealkylation sites (N-methyl/N-ethyl adjacent to an activating group) is 1. The average Bonchev–Trinajstić information content (AvgIpc) is 2.60. The van der Waals surface area contributed by atoms with Crippen LogP contribution in [0.15, 0.2) is 42.5 Å². The van der Waals surface area contributed by atoms with Gasteiger partial charge in [0.25, 0.3) is 0 Å². The SMILES string of the molecule is Cc1cccc(C)c1NC(=O)CN(C)CC(=O)NCCc1ccc(Cl)cc1. The van der Waals surface area contributed by atoms with Crippen LogP contribution >= 0.6 is 11.6 Å². The highest BCUT2D eigenvalue weighted by atomic mass is 35.5. The van der Waals surface area contributed by atoms with Gasteiger partial charge in [-0.25, -0.2) is 0 Å². The number of hydrogen-bond acceptors (Lipinski definition) is 3. The van der Waals surface area contributed by atoms with Crippen molar-refractivity contribution in [1.82, 2.24) is 10.2 Å². The summed E-state index contributed by atoms with van der Waals surface area (Å²) >= 11 is 5.86. The molecule has 0 fully saturated rings. The molecule has 2 rings (SSSR count). The van der Waals surface area contributed by atoms with Crippen LogP contribution < -0.4 is 10.6 Å². The fourth-order valence-electron chi connectivity index (χ4n) is 2.79. The summed E-state index contributed by atoms with van der Waals surface area (Å²) in [5, 5.41) is 6.50. The molecule has 2 N–H and O–H groups in total. The number of rotatable bonds is 8. The summed E-state index contributed by atoms with van der Waals surface area (Å²) in [6, 6.07) is 13.4. The first-order valence-corrected chi connectivity index (χ1v) is 9.28. The maximum Gasteiger partial charge on any atom is 0.238 e. The third kappa shape index (κ3) is 7.04. The van der Waals surface area contributed by atoms with Crippen LogP contribution in [0.3, 0.4) is 0 Å². The lowest BCUT2D eigenvalue weighted by atomic mass is 10.1. The molecule has 0 aliphatic carbocycles. The van der Waals surface area contributed by atoms with Gasteiger partial charge in [0.1, 0.15) is 0 Å². The van der Waals surface area contributed by atoms with Gasteiger partial charge in [-0.05, 0) is 56.1 Å². The molecule has 0 saturated heterocycles. The van der Waals surface area contributed by atoms with Gasteiger partial charge in [-0.2, -0.15) is 0 Å². The first kappa shape index (κ1) is 20.9. The number of anilines is 1. The Morgan fingerprint density at radius 1 is 0.963 bits per heavy atom. The van der Waals surface area contributed by atoms with Gasteiger partial charge >= 0.3 is 0 Å². The summed E-state index contributed by atoms with van der Waals surface area (Å²) in [6.07, 6.45) is 0.736. The minimum Gasteiger partial charge on any atom is -0.355 e. The van der Waals surface area contributed by atoms with Gasteiger partial charge < -0.3 is 10.6 Å². The summed E-state index contributed by atoms with van der Waals surface area (Å²) in [6.45, 7) is 4.78. The Kier molecular flexibility index (Phi) is 7.82. The van der Waals surface area contributed by atoms with Crippen LogP contribution in [0.25, 0.3) is 0 Å². The molecule has 0 unspecified atom stereocenters. The fraction of sp³-hybridized carbons (Fsp3) is 0.333. The standard InChI is InChI=1S/C21H26ClN3O2/c1-15-5-4-6-16(2)21(15)24-20(27)14-25(3)13-19(26)23-12-11-17-7-9-18(22)10-8-17/h4-10H,11-14H2,1-3H3,(H,23,26)(H,24,27). The summed E-state index contributed by atoms with van der Waals surface area (Å²) in [5.41, 5.74) is 3.99. The molecule has 0 aliphatic heterocycles. The molecule has 0 aromatic heterocycles. The van der Waals surface area contributed by atoms with Crippen molar-refractivity contribution >= 4 is 29.1 Å². The lowest BCUT2D eigenvalue weighted by Crippen LogP contribution is -2.39. The van der Waals surface area contributed by atoms with E-state index in [0.717, 1.165) is 28.8 Å². The molecule has 6 heteroatoms. The molecule has 0 aliphatic rings. The molecule has 144 valence electrons. The van der Waals surface area contributed by atoms with Gasteiger partial charge in [-0.15, -0.1) is 0 Å². The zero-order chi connectivity index (χ0) is 19.8. The quantitative estimate of drug-likeness (QED) is 0.731. The Hall–Kier alpha value is -2.37. The van der Waals surface area contributed by atoms with Gasteiger partial charge in [0, 0.05) is 17.3 Å². The van der Waals surface area contributed by atoms with Crippen LogP contribution in [0.5, 0.6) is 0 Å². The van der Waals surface area contributed by atoms with E-state index >= 15 is 0 Å². The molecular formula is C21H26ClN3O2. The van der Waals surface area contributed by atoms with Gasteiger partial charge in [-0.3, -0.25) is 14.5 Å². The van der Waals surface area contributed by atoms with E-state index in [1.807, 2.05) is 56.3 Å². The second kappa shape index (κ2) is 10.1. The highest BCUT2D eigenvalue weighted by molar-refractivity contribution is 6.30. The number of hydrogen-bond donors (Lipinski definition) is 2. The number of para-hydroxylation sites is 1. The first-order chi connectivity index (χ1) is 12.8. The van der Waals surface area contributed by atoms with Gasteiger partial charge in [0.15, 0.2) is 0 Å². The molecule has 0 atom stereocenters. The molecule has 0 saturated carbocycles. The van der Waals surface area contributed by atoms with Crippen molar-refractivity contribution in [3.8, 4) is 0 Å². The number of amides is 2. The molecular weight excluding hydrogens is 362 g/mol. The molecule has 0 heterocycles. The third-order valence-electron chi connectivity index (χ3n) is 4.22. The van der Waals surface area contributed by atoms with E-state index in [4.69, 9.17) is 11.6 Å². The summed E-state index contributed by atoms with van der Waals surface area (Å²) in [4.78, 5) is 26.0. The van der Waals surface area contributed by atoms with Crippen LogP contribution in [0.2, 0.25) is 5.02 Å². The highest BCUT2D eigenvalue weighted by Gasteiger charge is 2.12. The minimum absolute atomic E-state index is 0.105. The van der Waals surface area contributed by atoms with Crippen molar-refractivity contribution in [2.24, 2.45) is 0 Å². The smallest absolute Gasteiger partial charge is 0.238 e. The first-order valence-electron chi connectivity index (χ1n) is 8.91. The Bertz CT molecular complexity index is 770. The molecule has 5 nitrogen and oxygen atoms in total. The molecule has 2 aromatic carbocycles. The number of carbonyl (C=O) groups is 2. The topological polar surface area (TPSA) is 61.4 Å². The fourth-order valence-corrected chi connectivity index (χ4v) is 2.92. The number of carbonyl (C=O) groups excluding carboxylic acids is 2. The monoisotopic (exact) mass is 387 g/mol. The zero-order valence-electron chi connectivity index (χ0n) is 16.0. The predicted octanol–water partition coefficient (Wildman–Crippen LogP) is 3.19. The molecule has 0 spiro atoms.